The molecule has 0 radical (unpaired) electrons. The zero-order chi connectivity index (χ0) is 14.5. The second kappa shape index (κ2) is 6.44. The highest BCUT2D eigenvalue weighted by atomic mass is 32.2. The van der Waals surface area contributed by atoms with Crippen molar-refractivity contribution in [2.45, 2.75) is 43.8 Å². The molecule has 2 aromatic heterocycles. The highest BCUT2D eigenvalue weighted by Crippen LogP contribution is 2.28. The first-order chi connectivity index (χ1) is 9.69. The van der Waals surface area contributed by atoms with Gasteiger partial charge in [-0.15, -0.1) is 5.10 Å². The Labute approximate surface area is 122 Å². The Morgan fingerprint density at radius 3 is 2.40 bits per heavy atom. The minimum Gasteiger partial charge on any atom is -0.231 e. The Hall–Kier alpha value is -2.00. The van der Waals surface area contributed by atoms with E-state index >= 15 is 0 Å². The summed E-state index contributed by atoms with van der Waals surface area (Å²) in [5, 5.41) is 18.9. The summed E-state index contributed by atoms with van der Waals surface area (Å²) in [4.78, 5) is 8.44. The summed E-state index contributed by atoms with van der Waals surface area (Å²) in [7, 11) is 0. The summed E-state index contributed by atoms with van der Waals surface area (Å²) in [5.41, 5.74) is 3.45. The predicted molar refractivity (Wildman–Crippen MR) is 76.4 cm³/mol. The van der Waals surface area contributed by atoms with E-state index in [9.17, 15) is 5.26 Å². The molecule has 2 heterocycles. The standard InChI is InChI=1S/C14H15N5S/c1-4-10-11(6-15)13(19-18-12(10)5-2)20-14-16-7-9(3)8-17-14/h7-8H,4-5H2,1-3H3. The fourth-order valence-electron chi connectivity index (χ4n) is 1.86. The van der Waals surface area contributed by atoms with Crippen molar-refractivity contribution < 1.29 is 0 Å². The number of nitriles is 1. The molecule has 2 rings (SSSR count). The molecule has 20 heavy (non-hydrogen) atoms. The average Bonchev–Trinajstić information content (AvgIpc) is 2.48. The van der Waals surface area contributed by atoms with Crippen molar-refractivity contribution in [2.75, 3.05) is 0 Å². The van der Waals surface area contributed by atoms with E-state index in [0.717, 1.165) is 29.7 Å². The lowest BCUT2D eigenvalue weighted by atomic mass is 10.1. The van der Waals surface area contributed by atoms with Crippen molar-refractivity contribution in [3.05, 3.63) is 34.8 Å². The molecule has 0 aliphatic heterocycles. The molecule has 0 atom stereocenters. The van der Waals surface area contributed by atoms with Gasteiger partial charge in [0.05, 0.1) is 11.3 Å². The largest absolute Gasteiger partial charge is 0.231 e. The third kappa shape index (κ3) is 2.94. The second-order valence-corrected chi connectivity index (χ2v) is 5.23. The average molecular weight is 285 g/mol. The summed E-state index contributed by atoms with van der Waals surface area (Å²) < 4.78 is 0. The first-order valence-electron chi connectivity index (χ1n) is 6.44. The number of hydrogen-bond acceptors (Lipinski definition) is 6. The maximum atomic E-state index is 9.40. The second-order valence-electron chi connectivity index (χ2n) is 4.27. The van der Waals surface area contributed by atoms with E-state index in [1.54, 1.807) is 12.4 Å². The molecule has 0 aromatic carbocycles. The predicted octanol–water partition coefficient (Wildman–Crippen LogP) is 2.72. The molecule has 0 saturated carbocycles. The van der Waals surface area contributed by atoms with Gasteiger partial charge < -0.3 is 0 Å². The van der Waals surface area contributed by atoms with Gasteiger partial charge in [-0.25, -0.2) is 9.97 Å². The summed E-state index contributed by atoms with van der Waals surface area (Å²) in [6, 6.07) is 2.24. The summed E-state index contributed by atoms with van der Waals surface area (Å²) in [6.07, 6.45) is 5.03. The summed E-state index contributed by atoms with van der Waals surface area (Å²) in [5.74, 6) is 0. The van der Waals surface area contributed by atoms with Crippen LogP contribution < -0.4 is 0 Å². The molecule has 2 aromatic rings. The van der Waals surface area contributed by atoms with Crippen molar-refractivity contribution in [2.24, 2.45) is 0 Å². The van der Waals surface area contributed by atoms with Gasteiger partial charge in [0, 0.05) is 12.4 Å². The fraction of sp³-hybridized carbons (Fsp3) is 0.357. The van der Waals surface area contributed by atoms with Gasteiger partial charge in [-0.1, -0.05) is 13.8 Å². The van der Waals surface area contributed by atoms with Crippen LogP contribution in [0.15, 0.2) is 22.6 Å². The topological polar surface area (TPSA) is 75.3 Å². The van der Waals surface area contributed by atoms with Gasteiger partial charge in [0.2, 0.25) is 0 Å². The smallest absolute Gasteiger partial charge is 0.193 e. The number of nitrogens with zero attached hydrogens (tertiary/aromatic N) is 5. The Morgan fingerprint density at radius 1 is 1.15 bits per heavy atom. The van der Waals surface area contributed by atoms with Crippen molar-refractivity contribution in [3.63, 3.8) is 0 Å². The van der Waals surface area contributed by atoms with Crippen LogP contribution in [0.3, 0.4) is 0 Å². The van der Waals surface area contributed by atoms with Gasteiger partial charge in [-0.3, -0.25) is 0 Å². The number of rotatable bonds is 4. The number of hydrogen-bond donors (Lipinski definition) is 0. The third-order valence-electron chi connectivity index (χ3n) is 2.87. The summed E-state index contributed by atoms with van der Waals surface area (Å²) in [6.45, 7) is 5.97. The molecule has 0 unspecified atom stereocenters. The van der Waals surface area contributed by atoms with Gasteiger partial charge in [0.1, 0.15) is 11.1 Å². The molecule has 102 valence electrons. The van der Waals surface area contributed by atoms with Crippen molar-refractivity contribution in [1.29, 1.82) is 5.26 Å². The monoisotopic (exact) mass is 285 g/mol. The molecule has 0 fully saturated rings. The Kier molecular flexibility index (Phi) is 4.64. The van der Waals surface area contributed by atoms with Crippen LogP contribution in [0.2, 0.25) is 0 Å². The molecule has 0 aliphatic rings. The molecular formula is C14H15N5S. The SMILES string of the molecule is CCc1nnc(Sc2ncc(C)cn2)c(C#N)c1CC. The Balaban J connectivity index is 2.42. The number of aromatic nitrogens is 4. The molecule has 6 heteroatoms. The lowest BCUT2D eigenvalue weighted by Crippen LogP contribution is -2.04. The summed E-state index contributed by atoms with van der Waals surface area (Å²) >= 11 is 1.28. The zero-order valence-corrected chi connectivity index (χ0v) is 12.5. The maximum absolute atomic E-state index is 9.40. The molecule has 0 bridgehead atoms. The molecule has 0 amide bonds. The van der Waals surface area contributed by atoms with E-state index in [1.165, 1.54) is 11.8 Å². The quantitative estimate of drug-likeness (QED) is 0.804. The van der Waals surface area contributed by atoms with E-state index in [0.29, 0.717) is 15.7 Å². The minimum absolute atomic E-state index is 0.574. The van der Waals surface area contributed by atoms with Crippen LogP contribution in [-0.4, -0.2) is 20.2 Å². The van der Waals surface area contributed by atoms with E-state index < -0.39 is 0 Å². The van der Waals surface area contributed by atoms with Crippen LogP contribution in [0.1, 0.15) is 36.2 Å². The molecule has 0 N–H and O–H groups in total. The zero-order valence-electron chi connectivity index (χ0n) is 11.7. The van der Waals surface area contributed by atoms with E-state index in [2.05, 4.69) is 26.2 Å². The maximum Gasteiger partial charge on any atom is 0.193 e. The van der Waals surface area contributed by atoms with E-state index in [1.807, 2.05) is 20.8 Å². The van der Waals surface area contributed by atoms with Gasteiger partial charge in [0.15, 0.2) is 5.16 Å². The van der Waals surface area contributed by atoms with Gasteiger partial charge in [0.25, 0.3) is 0 Å². The first kappa shape index (κ1) is 14.4. The van der Waals surface area contributed by atoms with Gasteiger partial charge in [-0.05, 0) is 42.7 Å². The van der Waals surface area contributed by atoms with Gasteiger partial charge >= 0.3 is 0 Å². The third-order valence-corrected chi connectivity index (χ3v) is 3.74. The normalized spacial score (nSPS) is 10.3. The fourth-order valence-corrected chi connectivity index (χ4v) is 2.60. The molecular weight excluding hydrogens is 270 g/mol. The molecule has 5 nitrogen and oxygen atoms in total. The highest BCUT2D eigenvalue weighted by Gasteiger charge is 2.16. The molecule has 0 aliphatic carbocycles. The van der Waals surface area contributed by atoms with Crippen LogP contribution in [0, 0.1) is 18.3 Å². The number of aryl methyl sites for hydroxylation is 2. The van der Waals surface area contributed by atoms with Crippen LogP contribution in [-0.2, 0) is 12.8 Å². The van der Waals surface area contributed by atoms with Crippen LogP contribution in [0.25, 0.3) is 0 Å². The lowest BCUT2D eigenvalue weighted by molar-refractivity contribution is 0.814. The molecule has 0 saturated heterocycles. The van der Waals surface area contributed by atoms with Crippen molar-refractivity contribution in [1.82, 2.24) is 20.2 Å². The van der Waals surface area contributed by atoms with Crippen molar-refractivity contribution in [3.8, 4) is 6.07 Å². The van der Waals surface area contributed by atoms with Crippen molar-refractivity contribution >= 4 is 11.8 Å². The van der Waals surface area contributed by atoms with Crippen LogP contribution >= 0.6 is 11.8 Å². The first-order valence-corrected chi connectivity index (χ1v) is 7.26. The lowest BCUT2D eigenvalue weighted by Gasteiger charge is -2.09. The van der Waals surface area contributed by atoms with E-state index in [4.69, 9.17) is 0 Å². The van der Waals surface area contributed by atoms with Crippen LogP contribution in [0.4, 0.5) is 0 Å². The van der Waals surface area contributed by atoms with E-state index in [-0.39, 0.29) is 0 Å². The van der Waals surface area contributed by atoms with Gasteiger partial charge in [-0.2, -0.15) is 10.4 Å². The molecule has 0 spiro atoms. The Morgan fingerprint density at radius 2 is 1.85 bits per heavy atom. The minimum atomic E-state index is 0.574. The highest BCUT2D eigenvalue weighted by molar-refractivity contribution is 7.99. The Bertz CT molecular complexity index is 646. The van der Waals surface area contributed by atoms with Crippen LogP contribution in [0.5, 0.6) is 0 Å².